The van der Waals surface area contributed by atoms with Crippen molar-refractivity contribution in [3.63, 3.8) is 0 Å². The molecule has 13 heavy (non-hydrogen) atoms. The molecule has 1 aliphatic rings. The Bertz CT molecular complexity index is 147. The zero-order valence-electron chi connectivity index (χ0n) is 9.05. The van der Waals surface area contributed by atoms with E-state index in [2.05, 4.69) is 25.1 Å². The monoisotopic (exact) mass is 202 g/mol. The highest BCUT2D eigenvalue weighted by Gasteiger charge is 2.23. The molecule has 0 spiro atoms. The first-order valence-electron chi connectivity index (χ1n) is 5.13. The summed E-state index contributed by atoms with van der Waals surface area (Å²) in [6.45, 7) is 8.90. The summed E-state index contributed by atoms with van der Waals surface area (Å²) in [4.78, 5) is 0. The molecule has 0 saturated carbocycles. The van der Waals surface area contributed by atoms with Gasteiger partial charge in [-0.3, -0.25) is 0 Å². The molecule has 1 heterocycles. The molecule has 0 bridgehead atoms. The lowest BCUT2D eigenvalue weighted by molar-refractivity contribution is 0.269. The Labute approximate surface area is 86.4 Å². The number of nitrogens with zero attached hydrogens (tertiary/aromatic N) is 1. The Balaban J connectivity index is 2.30. The van der Waals surface area contributed by atoms with E-state index in [1.165, 1.54) is 25.1 Å². The smallest absolute Gasteiger partial charge is 0.0246 e. The van der Waals surface area contributed by atoms with Gasteiger partial charge in [-0.25, -0.2) is 4.31 Å². The van der Waals surface area contributed by atoms with E-state index in [-0.39, 0.29) is 11.5 Å². The van der Waals surface area contributed by atoms with Crippen LogP contribution < -0.4 is 5.73 Å². The largest absolute Gasteiger partial charge is 0.326 e. The molecular weight excluding hydrogens is 180 g/mol. The van der Waals surface area contributed by atoms with Gasteiger partial charge in [-0.15, -0.1) is 0 Å². The third-order valence-corrected chi connectivity index (χ3v) is 3.76. The van der Waals surface area contributed by atoms with E-state index < -0.39 is 0 Å². The van der Waals surface area contributed by atoms with Crippen molar-refractivity contribution in [1.29, 1.82) is 0 Å². The summed E-state index contributed by atoms with van der Waals surface area (Å²) in [5.41, 5.74) is 6.36. The second-order valence-corrected chi connectivity index (χ2v) is 6.08. The maximum absolute atomic E-state index is 6.13. The van der Waals surface area contributed by atoms with Crippen LogP contribution in [0.15, 0.2) is 0 Å². The van der Waals surface area contributed by atoms with Crippen LogP contribution in [0.25, 0.3) is 0 Å². The molecule has 2 nitrogen and oxygen atoms in total. The van der Waals surface area contributed by atoms with Crippen LogP contribution in [0, 0.1) is 5.41 Å². The average molecular weight is 202 g/mol. The second-order valence-electron chi connectivity index (χ2n) is 4.90. The lowest BCUT2D eigenvalue weighted by atomic mass is 9.87. The predicted octanol–water partition coefficient (Wildman–Crippen LogP) is 2.10. The Morgan fingerprint density at radius 1 is 1.38 bits per heavy atom. The molecule has 1 rings (SSSR count). The van der Waals surface area contributed by atoms with E-state index in [0.29, 0.717) is 0 Å². The summed E-state index contributed by atoms with van der Waals surface area (Å²) in [7, 11) is 0. The molecule has 0 aliphatic carbocycles. The maximum Gasteiger partial charge on any atom is 0.0246 e. The van der Waals surface area contributed by atoms with Gasteiger partial charge in [0, 0.05) is 24.9 Å². The molecular formula is C10H22N2S. The fraction of sp³-hybridized carbons (Fsp3) is 1.00. The molecule has 2 N–H and O–H groups in total. The van der Waals surface area contributed by atoms with Crippen molar-refractivity contribution in [3.8, 4) is 0 Å². The summed E-state index contributed by atoms with van der Waals surface area (Å²) in [5, 5.41) is 0. The number of hydrogen-bond acceptors (Lipinski definition) is 3. The molecule has 0 aromatic rings. The topological polar surface area (TPSA) is 29.3 Å². The highest BCUT2D eigenvalue weighted by molar-refractivity contribution is 7.97. The van der Waals surface area contributed by atoms with Crippen LogP contribution in [0.4, 0.5) is 0 Å². The van der Waals surface area contributed by atoms with Gasteiger partial charge in [-0.1, -0.05) is 32.7 Å². The first-order chi connectivity index (χ1) is 6.00. The van der Waals surface area contributed by atoms with Crippen LogP contribution in [0.3, 0.4) is 0 Å². The summed E-state index contributed by atoms with van der Waals surface area (Å²) < 4.78 is 2.43. The molecule has 1 saturated heterocycles. The standard InChI is InChI=1S/C10H22N2S/c1-10(2,3)9(11)8-12-6-4-5-7-13-12/h9H,4-8,11H2,1-3H3. The summed E-state index contributed by atoms with van der Waals surface area (Å²) in [6.07, 6.45) is 2.70. The van der Waals surface area contributed by atoms with Gasteiger partial charge in [0.05, 0.1) is 0 Å². The van der Waals surface area contributed by atoms with E-state index in [9.17, 15) is 0 Å². The molecule has 3 heteroatoms. The van der Waals surface area contributed by atoms with Gasteiger partial charge in [-0.05, 0) is 18.3 Å². The molecule has 1 unspecified atom stereocenters. The summed E-state index contributed by atoms with van der Waals surface area (Å²) >= 11 is 1.96. The van der Waals surface area contributed by atoms with Crippen molar-refractivity contribution in [2.45, 2.75) is 39.7 Å². The van der Waals surface area contributed by atoms with Gasteiger partial charge in [0.25, 0.3) is 0 Å². The van der Waals surface area contributed by atoms with Gasteiger partial charge >= 0.3 is 0 Å². The van der Waals surface area contributed by atoms with Crippen LogP contribution in [0.2, 0.25) is 0 Å². The van der Waals surface area contributed by atoms with E-state index in [0.717, 1.165) is 6.54 Å². The third kappa shape index (κ3) is 3.88. The minimum absolute atomic E-state index is 0.234. The normalized spacial score (nSPS) is 23.1. The van der Waals surface area contributed by atoms with E-state index in [1.54, 1.807) is 0 Å². The number of nitrogens with two attached hydrogens (primary N) is 1. The highest BCUT2D eigenvalue weighted by atomic mass is 32.2. The molecule has 1 aliphatic heterocycles. The maximum atomic E-state index is 6.13. The van der Waals surface area contributed by atoms with Gasteiger partial charge < -0.3 is 5.73 Å². The molecule has 1 atom stereocenters. The quantitative estimate of drug-likeness (QED) is 0.695. The highest BCUT2D eigenvalue weighted by Crippen LogP contribution is 2.24. The minimum atomic E-state index is 0.234. The van der Waals surface area contributed by atoms with Gasteiger partial charge in [0.1, 0.15) is 0 Å². The Hall–Kier alpha value is 0.270. The van der Waals surface area contributed by atoms with E-state index in [1.807, 2.05) is 11.9 Å². The van der Waals surface area contributed by atoms with E-state index >= 15 is 0 Å². The molecule has 1 fully saturated rings. The predicted molar refractivity (Wildman–Crippen MR) is 60.7 cm³/mol. The molecule has 0 aromatic heterocycles. The summed E-state index contributed by atoms with van der Waals surface area (Å²) in [6, 6.07) is 0.290. The van der Waals surface area contributed by atoms with Crippen LogP contribution in [-0.4, -0.2) is 29.2 Å². The lowest BCUT2D eigenvalue weighted by Crippen LogP contribution is -2.44. The first-order valence-corrected chi connectivity index (χ1v) is 6.08. The Kier molecular flexibility index (Phi) is 4.07. The van der Waals surface area contributed by atoms with Crippen molar-refractivity contribution in [1.82, 2.24) is 4.31 Å². The van der Waals surface area contributed by atoms with Crippen LogP contribution in [-0.2, 0) is 0 Å². The Morgan fingerprint density at radius 3 is 2.54 bits per heavy atom. The van der Waals surface area contributed by atoms with Crippen LogP contribution in [0.1, 0.15) is 33.6 Å². The lowest BCUT2D eigenvalue weighted by Gasteiger charge is -2.33. The van der Waals surface area contributed by atoms with Crippen molar-refractivity contribution in [3.05, 3.63) is 0 Å². The van der Waals surface area contributed by atoms with Gasteiger partial charge in [0.15, 0.2) is 0 Å². The van der Waals surface area contributed by atoms with Crippen molar-refractivity contribution < 1.29 is 0 Å². The zero-order chi connectivity index (χ0) is 9.90. The molecule has 0 amide bonds. The molecule has 0 radical (unpaired) electrons. The van der Waals surface area contributed by atoms with E-state index in [4.69, 9.17) is 5.73 Å². The second kappa shape index (κ2) is 4.67. The van der Waals surface area contributed by atoms with Crippen molar-refractivity contribution in [2.24, 2.45) is 11.1 Å². The zero-order valence-corrected chi connectivity index (χ0v) is 9.86. The average Bonchev–Trinajstić information content (AvgIpc) is 2.04. The SMILES string of the molecule is CC(C)(C)C(N)CN1CCCCS1. The fourth-order valence-electron chi connectivity index (χ4n) is 1.29. The van der Waals surface area contributed by atoms with Gasteiger partial charge in [-0.2, -0.15) is 0 Å². The van der Waals surface area contributed by atoms with Crippen molar-refractivity contribution in [2.75, 3.05) is 18.8 Å². The molecule has 78 valence electrons. The number of hydrogen-bond donors (Lipinski definition) is 1. The number of rotatable bonds is 2. The fourth-order valence-corrected chi connectivity index (χ4v) is 2.40. The molecule has 0 aromatic carbocycles. The summed E-state index contributed by atoms with van der Waals surface area (Å²) in [5.74, 6) is 1.27. The Morgan fingerprint density at radius 2 is 2.08 bits per heavy atom. The minimum Gasteiger partial charge on any atom is -0.326 e. The first kappa shape index (κ1) is 11.3. The third-order valence-electron chi connectivity index (χ3n) is 2.59. The van der Waals surface area contributed by atoms with Crippen LogP contribution >= 0.6 is 11.9 Å². The van der Waals surface area contributed by atoms with Crippen LogP contribution in [0.5, 0.6) is 0 Å². The van der Waals surface area contributed by atoms with Gasteiger partial charge in [0.2, 0.25) is 0 Å². The van der Waals surface area contributed by atoms with Crippen molar-refractivity contribution >= 4 is 11.9 Å².